The number of sulfone groups is 1. The monoisotopic (exact) mass is 285 g/mol. The smallest absolute Gasteiger partial charge is 0.151 e. The molecule has 0 bridgehead atoms. The fourth-order valence-electron chi connectivity index (χ4n) is 2.51. The van der Waals surface area contributed by atoms with Crippen molar-refractivity contribution in [2.45, 2.75) is 45.2 Å². The minimum atomic E-state index is -2.82. The van der Waals surface area contributed by atoms with Crippen molar-refractivity contribution in [3.05, 3.63) is 17.5 Å². The van der Waals surface area contributed by atoms with Crippen LogP contribution in [0.4, 0.5) is 0 Å². The SMILES string of the molecule is Cn1cc(CNC2CCS(=O)(=O)C2)c(C(C)(C)C)n1. The van der Waals surface area contributed by atoms with Crippen LogP contribution in [0.25, 0.3) is 0 Å². The standard InChI is InChI=1S/C13H23N3O2S/c1-13(2,3)12-10(8-16(4)15-12)7-14-11-5-6-19(17,18)9-11/h8,11,14H,5-7,9H2,1-4H3. The van der Waals surface area contributed by atoms with Gasteiger partial charge in [-0.05, 0) is 6.42 Å². The normalized spacial score (nSPS) is 22.8. The van der Waals surface area contributed by atoms with Gasteiger partial charge >= 0.3 is 0 Å². The first kappa shape index (κ1) is 14.5. The first-order valence-corrected chi connectivity index (χ1v) is 8.46. The van der Waals surface area contributed by atoms with Gasteiger partial charge in [-0.3, -0.25) is 4.68 Å². The Labute approximate surface area is 115 Å². The van der Waals surface area contributed by atoms with Crippen LogP contribution in [0, 0.1) is 0 Å². The third-order valence-corrected chi connectivity index (χ3v) is 5.20. The fourth-order valence-corrected chi connectivity index (χ4v) is 4.22. The van der Waals surface area contributed by atoms with E-state index in [9.17, 15) is 8.42 Å². The minimum absolute atomic E-state index is 0.0000255. The third kappa shape index (κ3) is 3.57. The molecule has 19 heavy (non-hydrogen) atoms. The summed E-state index contributed by atoms with van der Waals surface area (Å²) in [7, 11) is -0.901. The highest BCUT2D eigenvalue weighted by Crippen LogP contribution is 2.24. The molecule has 0 saturated carbocycles. The molecule has 1 aliphatic heterocycles. The van der Waals surface area contributed by atoms with Gasteiger partial charge in [0.05, 0.1) is 17.2 Å². The molecule has 2 heterocycles. The van der Waals surface area contributed by atoms with Gasteiger partial charge in [0.15, 0.2) is 9.84 Å². The van der Waals surface area contributed by atoms with Crippen molar-refractivity contribution in [3.8, 4) is 0 Å². The molecule has 0 spiro atoms. The quantitative estimate of drug-likeness (QED) is 0.899. The number of aromatic nitrogens is 2. The van der Waals surface area contributed by atoms with Crippen molar-refractivity contribution in [2.24, 2.45) is 7.05 Å². The number of rotatable bonds is 3. The van der Waals surface area contributed by atoms with Gasteiger partial charge in [0.1, 0.15) is 0 Å². The van der Waals surface area contributed by atoms with E-state index in [0.29, 0.717) is 18.7 Å². The lowest BCUT2D eigenvalue weighted by atomic mass is 9.89. The zero-order chi connectivity index (χ0) is 14.3. The summed E-state index contributed by atoms with van der Waals surface area (Å²) >= 11 is 0. The van der Waals surface area contributed by atoms with Crippen LogP contribution in [0.5, 0.6) is 0 Å². The maximum atomic E-state index is 11.4. The molecule has 108 valence electrons. The number of nitrogens with one attached hydrogen (secondary N) is 1. The summed E-state index contributed by atoms with van der Waals surface area (Å²) in [6.07, 6.45) is 2.73. The van der Waals surface area contributed by atoms with Crippen LogP contribution >= 0.6 is 0 Å². The average Bonchev–Trinajstić information content (AvgIpc) is 2.78. The van der Waals surface area contributed by atoms with Crippen LogP contribution in [-0.2, 0) is 28.8 Å². The molecule has 1 aromatic rings. The van der Waals surface area contributed by atoms with Crippen molar-refractivity contribution in [2.75, 3.05) is 11.5 Å². The Kier molecular flexibility index (Phi) is 3.75. The van der Waals surface area contributed by atoms with E-state index >= 15 is 0 Å². The molecular weight excluding hydrogens is 262 g/mol. The van der Waals surface area contributed by atoms with Crippen LogP contribution in [0.3, 0.4) is 0 Å². The van der Waals surface area contributed by atoms with Crippen LogP contribution in [0.1, 0.15) is 38.4 Å². The van der Waals surface area contributed by atoms with Gasteiger partial charge in [-0.15, -0.1) is 0 Å². The zero-order valence-corrected chi connectivity index (χ0v) is 12.9. The van der Waals surface area contributed by atoms with Gasteiger partial charge < -0.3 is 5.32 Å². The molecule has 6 heteroatoms. The molecule has 5 nitrogen and oxygen atoms in total. The maximum Gasteiger partial charge on any atom is 0.151 e. The van der Waals surface area contributed by atoms with Gasteiger partial charge in [0, 0.05) is 36.8 Å². The van der Waals surface area contributed by atoms with E-state index in [1.165, 1.54) is 0 Å². The summed E-state index contributed by atoms with van der Waals surface area (Å²) in [6.45, 7) is 7.09. The Morgan fingerprint density at radius 2 is 2.16 bits per heavy atom. The molecule has 0 amide bonds. The lowest BCUT2D eigenvalue weighted by molar-refractivity contribution is 0.525. The van der Waals surface area contributed by atoms with E-state index < -0.39 is 9.84 Å². The fraction of sp³-hybridized carbons (Fsp3) is 0.769. The molecule has 1 atom stereocenters. The molecule has 1 fully saturated rings. The highest BCUT2D eigenvalue weighted by Gasteiger charge is 2.28. The second-order valence-corrected chi connectivity index (χ2v) is 8.64. The number of hydrogen-bond donors (Lipinski definition) is 1. The Balaban J connectivity index is 2.04. The molecule has 1 N–H and O–H groups in total. The molecule has 0 radical (unpaired) electrons. The summed E-state index contributed by atoms with van der Waals surface area (Å²) in [4.78, 5) is 0. The average molecular weight is 285 g/mol. The number of aryl methyl sites for hydroxylation is 1. The maximum absolute atomic E-state index is 11.4. The second kappa shape index (κ2) is 4.90. The molecule has 0 aromatic carbocycles. The summed E-state index contributed by atoms with van der Waals surface area (Å²) < 4.78 is 24.7. The Bertz CT molecular complexity index is 555. The predicted octanol–water partition coefficient (Wildman–Crippen LogP) is 0.994. The molecular formula is C13H23N3O2S. The molecule has 2 rings (SSSR count). The lowest BCUT2D eigenvalue weighted by Gasteiger charge is -2.18. The minimum Gasteiger partial charge on any atom is -0.309 e. The van der Waals surface area contributed by atoms with Crippen molar-refractivity contribution in [1.82, 2.24) is 15.1 Å². The van der Waals surface area contributed by atoms with E-state index in [1.807, 2.05) is 17.9 Å². The van der Waals surface area contributed by atoms with E-state index in [4.69, 9.17) is 0 Å². The molecule has 1 aliphatic rings. The van der Waals surface area contributed by atoms with Crippen LogP contribution in [0.2, 0.25) is 0 Å². The van der Waals surface area contributed by atoms with Crippen LogP contribution in [-0.4, -0.2) is 35.7 Å². The van der Waals surface area contributed by atoms with Gasteiger partial charge in [0.25, 0.3) is 0 Å². The van der Waals surface area contributed by atoms with E-state index in [-0.39, 0.29) is 17.2 Å². The van der Waals surface area contributed by atoms with Crippen molar-refractivity contribution >= 4 is 9.84 Å². The summed E-state index contributed by atoms with van der Waals surface area (Å²) in [5.74, 6) is 0.571. The van der Waals surface area contributed by atoms with Crippen LogP contribution in [0.15, 0.2) is 6.20 Å². The Hall–Kier alpha value is -0.880. The molecule has 0 aliphatic carbocycles. The number of nitrogens with zero attached hydrogens (tertiary/aromatic N) is 2. The van der Waals surface area contributed by atoms with E-state index in [0.717, 1.165) is 11.3 Å². The topological polar surface area (TPSA) is 64.0 Å². The predicted molar refractivity (Wildman–Crippen MR) is 75.8 cm³/mol. The largest absolute Gasteiger partial charge is 0.309 e. The highest BCUT2D eigenvalue weighted by molar-refractivity contribution is 7.91. The Morgan fingerprint density at radius 3 is 2.68 bits per heavy atom. The molecule has 1 aromatic heterocycles. The van der Waals surface area contributed by atoms with E-state index in [2.05, 4.69) is 31.2 Å². The van der Waals surface area contributed by atoms with Crippen LogP contribution < -0.4 is 5.32 Å². The van der Waals surface area contributed by atoms with Gasteiger partial charge in [-0.25, -0.2) is 8.42 Å². The molecule has 1 saturated heterocycles. The summed E-state index contributed by atoms with van der Waals surface area (Å²) in [5, 5.41) is 7.86. The van der Waals surface area contributed by atoms with Crippen molar-refractivity contribution in [1.29, 1.82) is 0 Å². The Morgan fingerprint density at radius 1 is 1.47 bits per heavy atom. The zero-order valence-electron chi connectivity index (χ0n) is 12.1. The third-order valence-electron chi connectivity index (χ3n) is 3.43. The highest BCUT2D eigenvalue weighted by atomic mass is 32.2. The van der Waals surface area contributed by atoms with Crippen molar-refractivity contribution < 1.29 is 8.42 Å². The van der Waals surface area contributed by atoms with Gasteiger partial charge in [-0.1, -0.05) is 20.8 Å². The number of hydrogen-bond acceptors (Lipinski definition) is 4. The van der Waals surface area contributed by atoms with Gasteiger partial charge in [-0.2, -0.15) is 5.10 Å². The summed E-state index contributed by atoms with van der Waals surface area (Å²) in [5.41, 5.74) is 2.22. The first-order valence-electron chi connectivity index (χ1n) is 6.64. The lowest BCUT2D eigenvalue weighted by Crippen LogP contribution is -2.30. The molecule has 1 unspecified atom stereocenters. The van der Waals surface area contributed by atoms with E-state index in [1.54, 1.807) is 0 Å². The van der Waals surface area contributed by atoms with Crippen molar-refractivity contribution in [3.63, 3.8) is 0 Å². The first-order chi connectivity index (χ1) is 8.67. The summed E-state index contributed by atoms with van der Waals surface area (Å²) in [6, 6.07) is 0.0815. The van der Waals surface area contributed by atoms with Gasteiger partial charge in [0.2, 0.25) is 0 Å². The second-order valence-electron chi connectivity index (χ2n) is 6.41.